The van der Waals surface area contributed by atoms with E-state index in [0.717, 1.165) is 16.9 Å². The van der Waals surface area contributed by atoms with Crippen molar-refractivity contribution in [2.24, 2.45) is 0 Å². The van der Waals surface area contributed by atoms with E-state index in [9.17, 15) is 17.6 Å². The summed E-state index contributed by atoms with van der Waals surface area (Å²) in [4.78, 5) is 8.24. The molecule has 0 saturated carbocycles. The van der Waals surface area contributed by atoms with Gasteiger partial charge in [0, 0.05) is 32.5 Å². The first-order chi connectivity index (χ1) is 15.9. The lowest BCUT2D eigenvalue weighted by Crippen LogP contribution is -2.51. The van der Waals surface area contributed by atoms with Crippen molar-refractivity contribution in [1.82, 2.24) is 29.9 Å². The van der Waals surface area contributed by atoms with Gasteiger partial charge in [-0.15, -0.1) is 0 Å². The third-order valence-corrected chi connectivity index (χ3v) is 5.22. The Kier molecular flexibility index (Phi) is 3.47. The van der Waals surface area contributed by atoms with Gasteiger partial charge in [-0.25, -0.2) is 9.37 Å². The molecule has 5 heterocycles. The highest BCUT2D eigenvalue weighted by molar-refractivity contribution is 5.98. The summed E-state index contributed by atoms with van der Waals surface area (Å²) in [7, 11) is 0. The number of aromatic amines is 1. The summed E-state index contributed by atoms with van der Waals surface area (Å²) in [6.07, 6.45) is -2.75. The minimum Gasteiger partial charge on any atom is -0.358 e. The van der Waals surface area contributed by atoms with Crippen molar-refractivity contribution >= 4 is 11.0 Å². The molecule has 4 aromatic rings. The van der Waals surface area contributed by atoms with E-state index < -0.39 is 37.6 Å². The molecule has 1 N–H and O–H groups in total. The third-order valence-electron chi connectivity index (χ3n) is 5.22. The average Bonchev–Trinajstić information content (AvgIpc) is 3.33. The Labute approximate surface area is 177 Å². The largest absolute Gasteiger partial charge is 0.419 e. The fourth-order valence-electron chi connectivity index (χ4n) is 3.68. The zero-order valence-electron chi connectivity index (χ0n) is 19.0. The van der Waals surface area contributed by atoms with Gasteiger partial charge in [-0.2, -0.15) is 23.4 Å². The van der Waals surface area contributed by atoms with Crippen LogP contribution in [0.2, 0.25) is 0 Å². The van der Waals surface area contributed by atoms with E-state index in [1.807, 2.05) is 0 Å². The van der Waals surface area contributed by atoms with Crippen molar-refractivity contribution in [1.29, 1.82) is 0 Å². The summed E-state index contributed by atoms with van der Waals surface area (Å²) < 4.78 is 84.3. The summed E-state index contributed by atoms with van der Waals surface area (Å²) >= 11 is 0. The molecule has 0 fully saturated rings. The van der Waals surface area contributed by atoms with Gasteiger partial charge in [-0.05, 0) is 32.0 Å². The van der Waals surface area contributed by atoms with Crippen LogP contribution in [0.1, 0.15) is 22.4 Å². The molecule has 0 bridgehead atoms. The van der Waals surface area contributed by atoms with Crippen molar-refractivity contribution < 1.29 is 26.4 Å². The second-order valence-corrected chi connectivity index (χ2v) is 7.21. The minimum atomic E-state index is -5.19. The first-order valence-corrected chi connectivity index (χ1v) is 9.15. The van der Waals surface area contributed by atoms with Gasteiger partial charge in [0.15, 0.2) is 11.2 Å². The van der Waals surface area contributed by atoms with Crippen molar-refractivity contribution in [3.05, 3.63) is 47.8 Å². The first-order valence-electron chi connectivity index (χ1n) is 10.7. The zero-order valence-corrected chi connectivity index (χ0v) is 16.0. The van der Waals surface area contributed by atoms with Crippen LogP contribution in [-0.4, -0.2) is 41.7 Å². The monoisotopic (exact) mass is 435 g/mol. The molecule has 1 atom stereocenters. The molecule has 5 rings (SSSR count). The molecule has 11 heteroatoms. The Morgan fingerprint density at radius 3 is 2.81 bits per heavy atom. The number of nitrogens with zero attached hydrogens (tertiary/aromatic N) is 5. The molecule has 0 aliphatic carbocycles. The van der Waals surface area contributed by atoms with Gasteiger partial charge >= 0.3 is 6.18 Å². The molecule has 0 aromatic carbocycles. The van der Waals surface area contributed by atoms with Crippen LogP contribution in [0.15, 0.2) is 30.6 Å². The van der Waals surface area contributed by atoms with Gasteiger partial charge in [-0.3, -0.25) is 14.8 Å². The number of aromatic nitrogens is 6. The predicted octanol–water partition coefficient (Wildman–Crippen LogP) is 4.18. The first kappa shape index (κ1) is 16.4. The summed E-state index contributed by atoms with van der Waals surface area (Å²) in [5, 5.41) is 11.9. The number of alkyl halides is 3. The van der Waals surface area contributed by atoms with Gasteiger partial charge in [0.05, 0.1) is 30.7 Å². The van der Waals surface area contributed by atoms with Crippen LogP contribution in [0.4, 0.5) is 17.6 Å². The van der Waals surface area contributed by atoms with Gasteiger partial charge in [0.1, 0.15) is 11.5 Å². The highest BCUT2D eigenvalue weighted by atomic mass is 19.4. The number of pyridine rings is 2. The molecule has 0 unspecified atom stereocenters. The molecule has 0 amide bonds. The summed E-state index contributed by atoms with van der Waals surface area (Å²) in [6.45, 7) is -3.52. The fraction of sp³-hybridized carbons (Fsp3) is 0.300. The number of ether oxygens (including phenoxy) is 1. The van der Waals surface area contributed by atoms with Crippen molar-refractivity contribution in [2.75, 3.05) is 0 Å². The number of aryl methyl sites for hydroxylation is 1. The second kappa shape index (κ2) is 6.58. The summed E-state index contributed by atoms with van der Waals surface area (Å²) in [6, 6.07) is 4.13. The van der Waals surface area contributed by atoms with E-state index in [1.165, 1.54) is 12.3 Å². The average molecular weight is 435 g/mol. The Morgan fingerprint density at radius 1 is 1.26 bits per heavy atom. The molecule has 160 valence electrons. The predicted molar refractivity (Wildman–Crippen MR) is 102 cm³/mol. The molecule has 1 aliphatic heterocycles. The van der Waals surface area contributed by atoms with E-state index >= 15 is 0 Å². The SMILES string of the molecule is [2H]C([2H])([2H])[C@@]1(C(F)(F)F)Cn2nc(-c3ccc(F)cn3)c(-c3ccnc4n[nH]c(C)c34)c2CO1. The topological polar surface area (TPSA) is 81.5 Å². The smallest absolute Gasteiger partial charge is 0.358 e. The quantitative estimate of drug-likeness (QED) is 0.478. The van der Waals surface area contributed by atoms with Crippen LogP contribution in [0.5, 0.6) is 0 Å². The molecular weight excluding hydrogens is 416 g/mol. The van der Waals surface area contributed by atoms with E-state index in [4.69, 9.17) is 8.85 Å². The van der Waals surface area contributed by atoms with E-state index in [0.29, 0.717) is 27.9 Å². The van der Waals surface area contributed by atoms with Crippen LogP contribution in [0.25, 0.3) is 33.5 Å². The summed E-state index contributed by atoms with van der Waals surface area (Å²) in [5.74, 6) is -0.604. The maximum absolute atomic E-state index is 14.0. The number of hydrogen-bond acceptors (Lipinski definition) is 5. The molecule has 0 saturated heterocycles. The lowest BCUT2D eigenvalue weighted by Gasteiger charge is -2.36. The number of H-pyrrole nitrogens is 1. The van der Waals surface area contributed by atoms with Crippen molar-refractivity contribution in [3.8, 4) is 22.5 Å². The Bertz CT molecular complexity index is 1380. The summed E-state index contributed by atoms with van der Waals surface area (Å²) in [5.41, 5.74) is -0.947. The molecule has 7 nitrogen and oxygen atoms in total. The van der Waals surface area contributed by atoms with E-state index in [2.05, 4.69) is 25.3 Å². The van der Waals surface area contributed by atoms with Crippen molar-refractivity contribution in [3.63, 3.8) is 0 Å². The van der Waals surface area contributed by atoms with Crippen LogP contribution >= 0.6 is 0 Å². The maximum Gasteiger partial charge on any atom is 0.419 e. The molecule has 31 heavy (non-hydrogen) atoms. The lowest BCUT2D eigenvalue weighted by atomic mass is 9.97. The van der Waals surface area contributed by atoms with Gasteiger partial charge < -0.3 is 4.74 Å². The van der Waals surface area contributed by atoms with Crippen LogP contribution in [0.3, 0.4) is 0 Å². The number of hydrogen-bond donors (Lipinski definition) is 1. The van der Waals surface area contributed by atoms with Crippen LogP contribution < -0.4 is 0 Å². The number of fused-ring (bicyclic) bond motifs is 2. The lowest BCUT2D eigenvalue weighted by molar-refractivity contribution is -0.287. The highest BCUT2D eigenvalue weighted by Gasteiger charge is 2.55. The third kappa shape index (κ3) is 2.99. The molecule has 4 aromatic heterocycles. The standard InChI is InChI=1S/C20H16F4N6O/c1-10-15-12(5-6-25-18(15)28-27-10)16-14-8-31-19(2,20(22,23)24)9-30(14)29-17(16)13-4-3-11(21)7-26-13/h3-7H,8-9H2,1-2H3,(H,25,27,28)/t19-/m0/s1/i2D3. The Balaban J connectivity index is 1.79. The van der Waals surface area contributed by atoms with Gasteiger partial charge in [0.2, 0.25) is 0 Å². The van der Waals surface area contributed by atoms with Crippen molar-refractivity contribution in [2.45, 2.75) is 38.7 Å². The second-order valence-electron chi connectivity index (χ2n) is 7.21. The van der Waals surface area contributed by atoms with Crippen LogP contribution in [-0.2, 0) is 17.9 Å². The Hall–Kier alpha value is -3.34. The highest BCUT2D eigenvalue weighted by Crippen LogP contribution is 2.44. The molecule has 0 radical (unpaired) electrons. The maximum atomic E-state index is 14.0. The fourth-order valence-corrected chi connectivity index (χ4v) is 3.68. The normalized spacial score (nSPS) is 20.9. The zero-order chi connectivity index (χ0) is 24.5. The van der Waals surface area contributed by atoms with E-state index in [-0.39, 0.29) is 17.1 Å². The Morgan fingerprint density at radius 2 is 2.10 bits per heavy atom. The number of halogens is 4. The minimum absolute atomic E-state index is 0.148. The van der Waals surface area contributed by atoms with E-state index in [1.54, 1.807) is 13.0 Å². The number of nitrogens with one attached hydrogen (secondary N) is 1. The van der Waals surface area contributed by atoms with Gasteiger partial charge in [-0.1, -0.05) is 0 Å². The molecule has 1 aliphatic rings. The molecular formula is C20H16F4N6O. The van der Waals surface area contributed by atoms with Crippen LogP contribution in [0, 0.1) is 12.7 Å². The van der Waals surface area contributed by atoms with Gasteiger partial charge in [0.25, 0.3) is 0 Å². The number of rotatable bonds is 2. The molecule has 0 spiro atoms.